The Morgan fingerprint density at radius 1 is 1.02 bits per heavy atom. The number of ether oxygens (including phenoxy) is 1. The van der Waals surface area contributed by atoms with Crippen LogP contribution in [0.25, 0.3) is 11.0 Å². The highest BCUT2D eigenvalue weighted by Gasteiger charge is 2.47. The fraction of sp³-hybridized carbons (Fsp3) is 0.212. The van der Waals surface area contributed by atoms with E-state index in [1.165, 1.54) is 0 Å². The van der Waals surface area contributed by atoms with Gasteiger partial charge in [-0.1, -0.05) is 72.2 Å². The van der Waals surface area contributed by atoms with Gasteiger partial charge in [-0.05, 0) is 67.3 Å². The van der Waals surface area contributed by atoms with Crippen molar-refractivity contribution < 1.29 is 18.7 Å². The minimum atomic E-state index is -0.715. The number of ketones is 1. The molecule has 42 heavy (non-hydrogen) atoms. The maximum atomic E-state index is 14.2. The van der Waals surface area contributed by atoms with Crippen molar-refractivity contribution in [2.75, 3.05) is 11.6 Å². The molecule has 0 bridgehead atoms. The van der Waals surface area contributed by atoms with Crippen molar-refractivity contribution in [3.63, 3.8) is 0 Å². The van der Waals surface area contributed by atoms with Crippen molar-refractivity contribution in [2.45, 2.75) is 39.7 Å². The molecule has 3 heterocycles. The summed E-state index contributed by atoms with van der Waals surface area (Å²) in [5.41, 5.74) is 4.11. The number of furan rings is 1. The monoisotopic (exact) mass is 624 g/mol. The molecule has 1 unspecified atom stereocenters. The van der Waals surface area contributed by atoms with Gasteiger partial charge in [0.25, 0.3) is 5.78 Å². The molecule has 8 nitrogen and oxygen atoms in total. The van der Waals surface area contributed by atoms with Crippen molar-refractivity contribution in [3.05, 3.63) is 111 Å². The van der Waals surface area contributed by atoms with Crippen LogP contribution in [0.3, 0.4) is 0 Å². The number of halogens is 1. The zero-order valence-corrected chi connectivity index (χ0v) is 25.3. The fourth-order valence-electron chi connectivity index (χ4n) is 5.24. The molecule has 0 radical (unpaired) electrons. The van der Waals surface area contributed by atoms with Gasteiger partial charge >= 0.3 is 5.97 Å². The Labute approximate surface area is 252 Å². The van der Waals surface area contributed by atoms with Crippen molar-refractivity contribution >= 4 is 56.1 Å². The Morgan fingerprint density at radius 2 is 1.76 bits per heavy atom. The second kappa shape index (κ2) is 11.1. The van der Waals surface area contributed by atoms with Gasteiger partial charge in [-0.2, -0.15) is 5.01 Å². The molecule has 1 atom stereocenters. The second-order valence-electron chi connectivity index (χ2n) is 10.4. The number of para-hydroxylation sites is 1. The Bertz CT molecular complexity index is 1790. The number of hydrazone groups is 1. The average molecular weight is 626 g/mol. The van der Waals surface area contributed by atoms with Gasteiger partial charge in [0.15, 0.2) is 5.76 Å². The molecule has 0 amide bonds. The van der Waals surface area contributed by atoms with E-state index in [2.05, 4.69) is 29.8 Å². The summed E-state index contributed by atoms with van der Waals surface area (Å²) in [5.74, 6) is 0.0367. The summed E-state index contributed by atoms with van der Waals surface area (Å²) in [4.78, 5) is 34.3. The maximum Gasteiger partial charge on any atom is 0.338 e. The average Bonchev–Trinajstić information content (AvgIpc) is 3.58. The van der Waals surface area contributed by atoms with Crippen molar-refractivity contribution in [2.24, 2.45) is 10.1 Å². The van der Waals surface area contributed by atoms with Gasteiger partial charge in [-0.3, -0.25) is 9.69 Å². The number of amidine groups is 1. The topological polar surface area (TPSA) is 87.7 Å². The van der Waals surface area contributed by atoms with Gasteiger partial charge in [-0.15, -0.1) is 5.10 Å². The molecule has 4 aromatic rings. The number of rotatable bonds is 7. The first kappa shape index (κ1) is 27.7. The number of aliphatic imine (C=N–C) groups is 1. The third-order valence-corrected chi connectivity index (χ3v) is 7.83. The van der Waals surface area contributed by atoms with Crippen molar-refractivity contribution in [1.29, 1.82) is 0 Å². The molecule has 2 aliphatic heterocycles. The van der Waals surface area contributed by atoms with E-state index in [0.717, 1.165) is 26.7 Å². The first-order chi connectivity index (χ1) is 20.3. The van der Waals surface area contributed by atoms with Gasteiger partial charge in [0, 0.05) is 9.86 Å². The lowest BCUT2D eigenvalue weighted by molar-refractivity contribution is -0.139. The highest BCUT2D eigenvalue weighted by molar-refractivity contribution is 9.10. The van der Waals surface area contributed by atoms with Gasteiger partial charge < -0.3 is 9.15 Å². The lowest BCUT2D eigenvalue weighted by Gasteiger charge is -2.35. The molecule has 0 spiro atoms. The van der Waals surface area contributed by atoms with Gasteiger partial charge in [0.05, 0.1) is 29.6 Å². The second-order valence-corrected chi connectivity index (χ2v) is 11.3. The van der Waals surface area contributed by atoms with Crippen LogP contribution >= 0.6 is 15.9 Å². The third kappa shape index (κ3) is 4.83. The zero-order chi connectivity index (χ0) is 29.5. The van der Waals surface area contributed by atoms with Gasteiger partial charge in [-0.25, -0.2) is 9.79 Å². The summed E-state index contributed by atoms with van der Waals surface area (Å²) in [6.07, 6.45) is 0. The highest BCUT2D eigenvalue weighted by atomic mass is 79.9. The molecule has 0 saturated carbocycles. The van der Waals surface area contributed by atoms with Crippen molar-refractivity contribution in [3.8, 4) is 0 Å². The summed E-state index contributed by atoms with van der Waals surface area (Å²) < 4.78 is 12.4. The molecule has 0 fully saturated rings. The molecule has 0 aliphatic carbocycles. The maximum absolute atomic E-state index is 14.2. The molecule has 212 valence electrons. The number of esters is 1. The SMILES string of the molecule is CCOC(=O)C1=C(C)N=C2N(c3ccccc3)N=C(C(=O)c3cc4cc(Br)ccc4o3)N2C1c1ccc(C(C)C)cc1. The number of anilines is 1. The van der Waals surface area contributed by atoms with Crippen LogP contribution in [-0.4, -0.2) is 35.1 Å². The molecule has 9 heteroatoms. The number of benzene rings is 3. The lowest BCUT2D eigenvalue weighted by atomic mass is 9.91. The molecule has 3 aromatic carbocycles. The summed E-state index contributed by atoms with van der Waals surface area (Å²) >= 11 is 3.48. The predicted octanol–water partition coefficient (Wildman–Crippen LogP) is 7.59. The van der Waals surface area contributed by atoms with E-state index >= 15 is 0 Å². The van der Waals surface area contributed by atoms with E-state index in [1.54, 1.807) is 35.9 Å². The quantitative estimate of drug-likeness (QED) is 0.155. The Kier molecular flexibility index (Phi) is 7.28. The van der Waals surface area contributed by atoms with Crippen LogP contribution in [0, 0.1) is 0 Å². The van der Waals surface area contributed by atoms with E-state index in [0.29, 0.717) is 28.7 Å². The normalized spacial score (nSPS) is 16.6. The van der Waals surface area contributed by atoms with E-state index in [4.69, 9.17) is 19.2 Å². The lowest BCUT2D eigenvalue weighted by Crippen LogP contribution is -2.46. The van der Waals surface area contributed by atoms with Gasteiger partial charge in [0.1, 0.15) is 5.58 Å². The Hall–Kier alpha value is -4.50. The van der Waals surface area contributed by atoms with Crippen LogP contribution in [0.4, 0.5) is 5.69 Å². The largest absolute Gasteiger partial charge is 0.463 e. The Morgan fingerprint density at radius 3 is 2.45 bits per heavy atom. The minimum Gasteiger partial charge on any atom is -0.463 e. The number of Topliss-reactive ketones (excluding diaryl/α,β-unsaturated/α-hetero) is 1. The van der Waals surface area contributed by atoms with Crippen LogP contribution < -0.4 is 5.01 Å². The smallest absolute Gasteiger partial charge is 0.338 e. The number of guanidine groups is 1. The summed E-state index contributed by atoms with van der Waals surface area (Å²) in [6, 6.07) is 24.1. The number of fused-ring (bicyclic) bond motifs is 2. The van der Waals surface area contributed by atoms with E-state index in [-0.39, 0.29) is 18.2 Å². The third-order valence-electron chi connectivity index (χ3n) is 7.34. The standard InChI is InChI=1S/C33H29BrN4O4/c1-5-41-32(40)28-20(4)35-33-37(29(28)22-13-11-21(12-14-22)19(2)3)31(36-38(33)25-9-7-6-8-10-25)30(39)27-18-23-17-24(34)15-16-26(23)42-27/h6-19,29H,5H2,1-4H3. The Balaban J connectivity index is 1.54. The van der Waals surface area contributed by atoms with Crippen LogP contribution in [-0.2, 0) is 9.53 Å². The van der Waals surface area contributed by atoms with Crippen LogP contribution in [0.5, 0.6) is 0 Å². The molecular formula is C33H29BrN4O4. The number of carbonyl (C=O) groups is 2. The number of hydrogen-bond donors (Lipinski definition) is 0. The van der Waals surface area contributed by atoms with Crippen LogP contribution in [0.1, 0.15) is 61.3 Å². The summed E-state index contributed by atoms with van der Waals surface area (Å²) in [7, 11) is 0. The molecule has 2 aliphatic rings. The molecule has 6 rings (SSSR count). The zero-order valence-electron chi connectivity index (χ0n) is 23.7. The number of allylic oxidation sites excluding steroid dienone is 1. The summed E-state index contributed by atoms with van der Waals surface area (Å²) in [6.45, 7) is 8.01. The van der Waals surface area contributed by atoms with Gasteiger partial charge in [0.2, 0.25) is 11.8 Å². The first-order valence-corrected chi connectivity index (χ1v) is 14.6. The van der Waals surface area contributed by atoms with Crippen molar-refractivity contribution in [1.82, 2.24) is 4.90 Å². The fourth-order valence-corrected chi connectivity index (χ4v) is 5.62. The minimum absolute atomic E-state index is 0.0861. The molecule has 0 N–H and O–H groups in total. The highest BCUT2D eigenvalue weighted by Crippen LogP contribution is 2.41. The number of carbonyl (C=O) groups excluding carboxylic acids is 2. The van der Waals surface area contributed by atoms with Crippen LogP contribution in [0.15, 0.2) is 109 Å². The molecule has 0 saturated heterocycles. The van der Waals surface area contributed by atoms with E-state index in [1.807, 2.05) is 66.7 Å². The molecule has 1 aromatic heterocycles. The first-order valence-electron chi connectivity index (χ1n) is 13.8. The molecular weight excluding hydrogens is 596 g/mol. The van der Waals surface area contributed by atoms with Crippen LogP contribution in [0.2, 0.25) is 0 Å². The number of nitrogens with zero attached hydrogens (tertiary/aromatic N) is 4. The van der Waals surface area contributed by atoms with E-state index in [9.17, 15) is 9.59 Å². The van der Waals surface area contributed by atoms with E-state index < -0.39 is 17.8 Å². The summed E-state index contributed by atoms with van der Waals surface area (Å²) in [5, 5.41) is 7.22. The number of hydrogen-bond acceptors (Lipinski definition) is 8. The predicted molar refractivity (Wildman–Crippen MR) is 166 cm³/mol.